The Kier molecular flexibility index (Phi) is 8.76. The lowest BCUT2D eigenvalue weighted by molar-refractivity contribution is 0.0672. The van der Waals surface area contributed by atoms with Gasteiger partial charge in [0.15, 0.2) is 0 Å². The van der Waals surface area contributed by atoms with Crippen molar-refractivity contribution >= 4 is 5.91 Å². The summed E-state index contributed by atoms with van der Waals surface area (Å²) in [6.45, 7) is 11.6. The number of hydrogen-bond acceptors (Lipinski definition) is 2. The Labute approximate surface area is 211 Å². The predicted octanol–water partition coefficient (Wildman–Crippen LogP) is 7.06. The van der Waals surface area contributed by atoms with Crippen LogP contribution < -0.4 is 0 Å². The summed E-state index contributed by atoms with van der Waals surface area (Å²) in [5.74, 6) is 1.45. The van der Waals surface area contributed by atoms with E-state index >= 15 is 0 Å². The van der Waals surface area contributed by atoms with E-state index in [1.807, 2.05) is 30.3 Å². The van der Waals surface area contributed by atoms with E-state index in [-0.39, 0.29) is 5.91 Å². The van der Waals surface area contributed by atoms with Crippen molar-refractivity contribution in [1.29, 1.82) is 0 Å². The summed E-state index contributed by atoms with van der Waals surface area (Å²) in [4.78, 5) is 18.3. The van der Waals surface area contributed by atoms with Crippen LogP contribution in [0.5, 0.6) is 0 Å². The average molecular weight is 469 g/mol. The summed E-state index contributed by atoms with van der Waals surface area (Å²) >= 11 is 0. The number of likely N-dealkylation sites (tertiary alicyclic amines) is 1. The van der Waals surface area contributed by atoms with Gasteiger partial charge in [0.25, 0.3) is 5.91 Å². The van der Waals surface area contributed by atoms with Gasteiger partial charge in [0.2, 0.25) is 0 Å². The molecule has 0 unspecified atom stereocenters. The van der Waals surface area contributed by atoms with E-state index in [1.165, 1.54) is 48.1 Å². The lowest BCUT2D eigenvalue weighted by atomic mass is 9.95. The normalized spacial score (nSPS) is 14.9. The SMILES string of the molecule is Cc1ccc(C(=O)N(Cc2ccc(-c3ccccc3)cc2)CC2CCN(CCC(C)C)CC2)cc1. The Morgan fingerprint density at radius 1 is 0.886 bits per heavy atom. The molecule has 35 heavy (non-hydrogen) atoms. The van der Waals surface area contributed by atoms with Crippen LogP contribution in [0.3, 0.4) is 0 Å². The van der Waals surface area contributed by atoms with Crippen molar-refractivity contribution in [3.05, 3.63) is 95.6 Å². The van der Waals surface area contributed by atoms with Crippen molar-refractivity contribution in [2.75, 3.05) is 26.2 Å². The predicted molar refractivity (Wildman–Crippen MR) is 146 cm³/mol. The van der Waals surface area contributed by atoms with Crippen molar-refractivity contribution < 1.29 is 4.79 Å². The smallest absolute Gasteiger partial charge is 0.254 e. The maximum Gasteiger partial charge on any atom is 0.254 e. The van der Waals surface area contributed by atoms with Crippen LogP contribution in [-0.2, 0) is 6.54 Å². The number of rotatable bonds is 9. The molecule has 4 rings (SSSR count). The highest BCUT2D eigenvalue weighted by Crippen LogP contribution is 2.24. The van der Waals surface area contributed by atoms with E-state index < -0.39 is 0 Å². The van der Waals surface area contributed by atoms with E-state index in [0.717, 1.165) is 31.1 Å². The molecule has 0 radical (unpaired) electrons. The van der Waals surface area contributed by atoms with E-state index in [1.54, 1.807) is 0 Å². The first-order valence-corrected chi connectivity index (χ1v) is 13.2. The maximum atomic E-state index is 13.6. The zero-order chi connectivity index (χ0) is 24.6. The fraction of sp³-hybridized carbons (Fsp3) is 0.406. The van der Waals surface area contributed by atoms with Gasteiger partial charge < -0.3 is 9.80 Å². The number of carbonyl (C=O) groups excluding carboxylic acids is 1. The van der Waals surface area contributed by atoms with Crippen molar-refractivity contribution in [1.82, 2.24) is 9.80 Å². The molecule has 3 aromatic rings. The van der Waals surface area contributed by atoms with Gasteiger partial charge in [-0.3, -0.25) is 4.79 Å². The fourth-order valence-electron chi connectivity index (χ4n) is 4.90. The summed E-state index contributed by atoms with van der Waals surface area (Å²) in [6.07, 6.45) is 3.60. The number of nitrogens with zero attached hydrogens (tertiary/aromatic N) is 2. The molecule has 0 bridgehead atoms. The van der Waals surface area contributed by atoms with Crippen molar-refractivity contribution in [3.63, 3.8) is 0 Å². The van der Waals surface area contributed by atoms with Crippen LogP contribution in [0.25, 0.3) is 11.1 Å². The summed E-state index contributed by atoms with van der Waals surface area (Å²) in [7, 11) is 0. The third-order valence-corrected chi connectivity index (χ3v) is 7.23. The first-order valence-electron chi connectivity index (χ1n) is 13.2. The van der Waals surface area contributed by atoms with Gasteiger partial charge in [-0.25, -0.2) is 0 Å². The molecule has 1 saturated heterocycles. The largest absolute Gasteiger partial charge is 0.334 e. The topological polar surface area (TPSA) is 23.6 Å². The van der Waals surface area contributed by atoms with Gasteiger partial charge in [-0.1, -0.05) is 86.1 Å². The van der Waals surface area contributed by atoms with Gasteiger partial charge >= 0.3 is 0 Å². The zero-order valence-electron chi connectivity index (χ0n) is 21.6. The third kappa shape index (κ3) is 7.29. The van der Waals surface area contributed by atoms with Crippen molar-refractivity contribution in [2.24, 2.45) is 11.8 Å². The molecule has 0 saturated carbocycles. The molecule has 0 atom stereocenters. The van der Waals surface area contributed by atoms with Gasteiger partial charge in [0.05, 0.1) is 0 Å². The maximum absolute atomic E-state index is 13.6. The minimum atomic E-state index is 0.138. The van der Waals surface area contributed by atoms with Gasteiger partial charge in [0.1, 0.15) is 0 Å². The second kappa shape index (κ2) is 12.2. The molecule has 3 aromatic carbocycles. The number of amides is 1. The van der Waals surface area contributed by atoms with Gasteiger partial charge in [-0.15, -0.1) is 0 Å². The van der Waals surface area contributed by atoms with Gasteiger partial charge in [-0.05, 0) is 86.5 Å². The molecule has 0 aromatic heterocycles. The first-order chi connectivity index (χ1) is 17.0. The molecule has 1 aliphatic rings. The van der Waals surface area contributed by atoms with E-state index in [0.29, 0.717) is 12.5 Å². The molecule has 1 fully saturated rings. The Balaban J connectivity index is 1.44. The van der Waals surface area contributed by atoms with Crippen molar-refractivity contribution in [2.45, 2.75) is 46.6 Å². The molecule has 1 aliphatic heterocycles. The minimum Gasteiger partial charge on any atom is -0.334 e. The van der Waals surface area contributed by atoms with Crippen LogP contribution in [0.15, 0.2) is 78.9 Å². The summed E-state index contributed by atoms with van der Waals surface area (Å²) in [5.41, 5.74) is 5.57. The molecule has 0 aliphatic carbocycles. The summed E-state index contributed by atoms with van der Waals surface area (Å²) in [6, 6.07) is 27.2. The number of benzene rings is 3. The monoisotopic (exact) mass is 468 g/mol. The highest BCUT2D eigenvalue weighted by Gasteiger charge is 2.24. The van der Waals surface area contributed by atoms with Crippen LogP contribution in [0.1, 0.15) is 54.6 Å². The molecule has 3 heteroatoms. The Morgan fingerprint density at radius 2 is 1.51 bits per heavy atom. The van der Waals surface area contributed by atoms with Gasteiger partial charge in [-0.2, -0.15) is 0 Å². The fourth-order valence-corrected chi connectivity index (χ4v) is 4.90. The number of aryl methyl sites for hydroxylation is 1. The third-order valence-electron chi connectivity index (χ3n) is 7.23. The summed E-state index contributed by atoms with van der Waals surface area (Å²) < 4.78 is 0. The molecular formula is C32H40N2O. The quantitative estimate of drug-likeness (QED) is 0.335. The lowest BCUT2D eigenvalue weighted by Crippen LogP contribution is -2.41. The van der Waals surface area contributed by atoms with E-state index in [4.69, 9.17) is 0 Å². The highest BCUT2D eigenvalue weighted by molar-refractivity contribution is 5.94. The number of piperidine rings is 1. The van der Waals surface area contributed by atoms with E-state index in [9.17, 15) is 4.79 Å². The number of carbonyl (C=O) groups is 1. The zero-order valence-corrected chi connectivity index (χ0v) is 21.6. The summed E-state index contributed by atoms with van der Waals surface area (Å²) in [5, 5.41) is 0. The molecule has 0 N–H and O–H groups in total. The van der Waals surface area contributed by atoms with Crippen LogP contribution in [0.2, 0.25) is 0 Å². The molecule has 3 nitrogen and oxygen atoms in total. The Hall–Kier alpha value is -2.91. The molecule has 184 valence electrons. The van der Waals surface area contributed by atoms with Crippen LogP contribution in [0.4, 0.5) is 0 Å². The molecule has 0 spiro atoms. The molecule has 1 amide bonds. The number of hydrogen-bond donors (Lipinski definition) is 0. The molecular weight excluding hydrogens is 428 g/mol. The van der Waals surface area contributed by atoms with Crippen LogP contribution in [-0.4, -0.2) is 41.9 Å². The average Bonchev–Trinajstić information content (AvgIpc) is 2.89. The standard InChI is InChI=1S/C32H40N2O/c1-25(2)17-20-33-21-18-28(19-22-33)24-34(32(35)31-13-9-26(3)10-14-31)23-27-11-15-30(16-12-27)29-7-5-4-6-8-29/h4-16,25,28H,17-24H2,1-3H3. The van der Waals surface area contributed by atoms with E-state index in [2.05, 4.69) is 79.1 Å². The second-order valence-corrected chi connectivity index (χ2v) is 10.6. The van der Waals surface area contributed by atoms with Crippen molar-refractivity contribution in [3.8, 4) is 11.1 Å². The Bertz CT molecular complexity index is 1050. The second-order valence-electron chi connectivity index (χ2n) is 10.6. The Morgan fingerprint density at radius 3 is 2.14 bits per heavy atom. The van der Waals surface area contributed by atoms with Crippen LogP contribution >= 0.6 is 0 Å². The lowest BCUT2D eigenvalue weighted by Gasteiger charge is -2.35. The van der Waals surface area contributed by atoms with Gasteiger partial charge in [0, 0.05) is 18.7 Å². The van der Waals surface area contributed by atoms with Crippen LogP contribution in [0, 0.1) is 18.8 Å². The first kappa shape index (κ1) is 25.2. The highest BCUT2D eigenvalue weighted by atomic mass is 16.2. The molecule has 1 heterocycles. The minimum absolute atomic E-state index is 0.138.